The highest BCUT2D eigenvalue weighted by Crippen LogP contribution is 2.24. The van der Waals surface area contributed by atoms with Crippen LogP contribution in [0.25, 0.3) is 0 Å². The third-order valence-electron chi connectivity index (χ3n) is 2.39. The minimum Gasteiger partial charge on any atom is -0.508 e. The molecule has 0 bridgehead atoms. The van der Waals surface area contributed by atoms with E-state index in [1.165, 1.54) is 11.1 Å². The van der Waals surface area contributed by atoms with Crippen molar-refractivity contribution < 1.29 is 10.2 Å². The lowest BCUT2D eigenvalue weighted by Gasteiger charge is -2.20. The number of benzene rings is 1. The van der Waals surface area contributed by atoms with Gasteiger partial charge in [0.15, 0.2) is 0 Å². The van der Waals surface area contributed by atoms with E-state index in [1.54, 1.807) is 12.1 Å². The van der Waals surface area contributed by atoms with E-state index in [0.29, 0.717) is 5.75 Å². The molecule has 1 aromatic carbocycles. The number of aliphatic hydroxyl groups is 1. The van der Waals surface area contributed by atoms with Gasteiger partial charge < -0.3 is 10.2 Å². The van der Waals surface area contributed by atoms with Crippen molar-refractivity contribution in [1.82, 2.24) is 0 Å². The monoisotopic (exact) mass is 164 g/mol. The molecule has 12 heavy (non-hydrogen) atoms. The average Bonchev–Trinajstić information content (AvgIpc) is 2.05. The molecule has 0 amide bonds. The molecule has 2 N–H and O–H groups in total. The second-order valence-corrected chi connectivity index (χ2v) is 3.35. The molecule has 0 aromatic heterocycles. The molecule has 2 rings (SSSR count). The molecule has 0 unspecified atom stereocenters. The van der Waals surface area contributed by atoms with Crippen LogP contribution >= 0.6 is 0 Å². The smallest absolute Gasteiger partial charge is 0.115 e. The lowest BCUT2D eigenvalue weighted by Crippen LogP contribution is -2.18. The number of rotatable bonds is 0. The van der Waals surface area contributed by atoms with Gasteiger partial charge in [-0.25, -0.2) is 0 Å². The number of hydrogen-bond acceptors (Lipinski definition) is 2. The van der Waals surface area contributed by atoms with E-state index in [1.807, 2.05) is 6.07 Å². The molecule has 1 aliphatic carbocycles. The highest BCUT2D eigenvalue weighted by molar-refractivity contribution is 5.36. The van der Waals surface area contributed by atoms with Crippen LogP contribution in [0, 0.1) is 0 Å². The van der Waals surface area contributed by atoms with Crippen LogP contribution in [0.15, 0.2) is 18.2 Å². The molecule has 0 saturated heterocycles. The Balaban J connectivity index is 2.37. The zero-order valence-corrected chi connectivity index (χ0v) is 6.83. The molecule has 1 aliphatic rings. The molecular formula is C10H12O2. The van der Waals surface area contributed by atoms with Crippen molar-refractivity contribution in [2.45, 2.75) is 25.4 Å². The maximum Gasteiger partial charge on any atom is 0.115 e. The minimum absolute atomic E-state index is 0.193. The molecule has 0 aliphatic heterocycles. The first kappa shape index (κ1) is 7.62. The lowest BCUT2D eigenvalue weighted by atomic mass is 9.90. The molecule has 0 saturated carbocycles. The van der Waals surface area contributed by atoms with Crippen LogP contribution in [0.4, 0.5) is 0 Å². The second-order valence-electron chi connectivity index (χ2n) is 3.35. The minimum atomic E-state index is -0.193. The van der Waals surface area contributed by atoms with Crippen molar-refractivity contribution in [1.29, 1.82) is 0 Å². The number of fused-ring (bicyclic) bond motifs is 1. The molecule has 1 aromatic rings. The number of aliphatic hydroxyl groups excluding tert-OH is 1. The van der Waals surface area contributed by atoms with Crippen molar-refractivity contribution in [3.63, 3.8) is 0 Å². The molecule has 2 heteroatoms. The van der Waals surface area contributed by atoms with Gasteiger partial charge in [0, 0.05) is 0 Å². The van der Waals surface area contributed by atoms with Crippen molar-refractivity contribution in [2.24, 2.45) is 0 Å². The van der Waals surface area contributed by atoms with Gasteiger partial charge in [-0.2, -0.15) is 0 Å². The van der Waals surface area contributed by atoms with Gasteiger partial charge in [-0.3, -0.25) is 0 Å². The highest BCUT2D eigenvalue weighted by Gasteiger charge is 2.15. The number of phenols is 1. The van der Waals surface area contributed by atoms with Crippen LogP contribution in [0.2, 0.25) is 0 Å². The van der Waals surface area contributed by atoms with E-state index in [4.69, 9.17) is 0 Å². The number of phenolic OH excluding ortho intramolecular Hbond substituents is 1. The quantitative estimate of drug-likeness (QED) is 0.605. The predicted molar refractivity (Wildman–Crippen MR) is 46.1 cm³/mol. The van der Waals surface area contributed by atoms with Gasteiger partial charge in [0.2, 0.25) is 0 Å². The first-order chi connectivity index (χ1) is 5.75. The number of aryl methyl sites for hydroxylation is 1. The summed E-state index contributed by atoms with van der Waals surface area (Å²) < 4.78 is 0. The van der Waals surface area contributed by atoms with Gasteiger partial charge in [0.05, 0.1) is 6.10 Å². The van der Waals surface area contributed by atoms with Crippen LogP contribution in [0.3, 0.4) is 0 Å². The Labute approximate surface area is 71.5 Å². The normalized spacial score (nSPS) is 21.9. The first-order valence-electron chi connectivity index (χ1n) is 4.24. The number of aromatic hydroxyl groups is 1. The van der Waals surface area contributed by atoms with Crippen molar-refractivity contribution in [3.8, 4) is 5.75 Å². The van der Waals surface area contributed by atoms with Crippen molar-refractivity contribution in [2.75, 3.05) is 0 Å². The topological polar surface area (TPSA) is 40.5 Å². The Hall–Kier alpha value is -1.02. The standard InChI is InChI=1S/C10H12O2/c11-9-3-1-7-5-10(12)4-2-8(7)6-9/h1,3,6,10-12H,2,4-5H2/t10-/m0/s1. The molecule has 1 atom stereocenters. The molecule has 0 fully saturated rings. The Morgan fingerprint density at radius 1 is 1.25 bits per heavy atom. The summed E-state index contributed by atoms with van der Waals surface area (Å²) in [6.07, 6.45) is 2.23. The van der Waals surface area contributed by atoms with E-state index >= 15 is 0 Å². The zero-order chi connectivity index (χ0) is 8.55. The summed E-state index contributed by atoms with van der Waals surface area (Å²) in [6, 6.07) is 5.37. The second kappa shape index (κ2) is 2.79. The van der Waals surface area contributed by atoms with E-state index in [2.05, 4.69) is 0 Å². The fraction of sp³-hybridized carbons (Fsp3) is 0.400. The predicted octanol–water partition coefficient (Wildman–Crippen LogP) is 1.24. The summed E-state index contributed by atoms with van der Waals surface area (Å²) >= 11 is 0. The molecule has 0 radical (unpaired) electrons. The van der Waals surface area contributed by atoms with Crippen LogP contribution in [-0.2, 0) is 12.8 Å². The summed E-state index contributed by atoms with van der Waals surface area (Å²) in [5, 5.41) is 18.6. The van der Waals surface area contributed by atoms with Crippen LogP contribution < -0.4 is 0 Å². The SMILES string of the molecule is Oc1ccc2c(c1)CC[C@H](O)C2. The number of hydrogen-bond donors (Lipinski definition) is 2. The van der Waals surface area contributed by atoms with Gasteiger partial charge in [-0.1, -0.05) is 6.07 Å². The Bertz CT molecular complexity index is 294. The van der Waals surface area contributed by atoms with Crippen LogP contribution in [0.1, 0.15) is 17.5 Å². The third-order valence-corrected chi connectivity index (χ3v) is 2.39. The fourth-order valence-corrected chi connectivity index (χ4v) is 1.72. The Morgan fingerprint density at radius 3 is 2.92 bits per heavy atom. The van der Waals surface area contributed by atoms with Crippen molar-refractivity contribution in [3.05, 3.63) is 29.3 Å². The fourth-order valence-electron chi connectivity index (χ4n) is 1.72. The van der Waals surface area contributed by atoms with Gasteiger partial charge in [-0.05, 0) is 42.5 Å². The molecule has 0 spiro atoms. The van der Waals surface area contributed by atoms with Crippen molar-refractivity contribution >= 4 is 0 Å². The van der Waals surface area contributed by atoms with Gasteiger partial charge in [-0.15, -0.1) is 0 Å². The molecule has 2 nitrogen and oxygen atoms in total. The lowest BCUT2D eigenvalue weighted by molar-refractivity contribution is 0.158. The summed E-state index contributed by atoms with van der Waals surface area (Å²) in [4.78, 5) is 0. The Morgan fingerprint density at radius 2 is 2.08 bits per heavy atom. The van der Waals surface area contributed by atoms with Crippen LogP contribution in [-0.4, -0.2) is 16.3 Å². The Kier molecular flexibility index (Phi) is 1.77. The molecule has 64 valence electrons. The first-order valence-corrected chi connectivity index (χ1v) is 4.24. The summed E-state index contributed by atoms with van der Waals surface area (Å²) in [6.45, 7) is 0. The maximum absolute atomic E-state index is 9.36. The van der Waals surface area contributed by atoms with E-state index in [-0.39, 0.29) is 6.10 Å². The van der Waals surface area contributed by atoms with Gasteiger partial charge >= 0.3 is 0 Å². The van der Waals surface area contributed by atoms with Gasteiger partial charge in [0.25, 0.3) is 0 Å². The van der Waals surface area contributed by atoms with Crippen LogP contribution in [0.5, 0.6) is 5.75 Å². The van der Waals surface area contributed by atoms with E-state index in [0.717, 1.165) is 19.3 Å². The van der Waals surface area contributed by atoms with E-state index in [9.17, 15) is 10.2 Å². The summed E-state index contributed by atoms with van der Waals surface area (Å²) in [5.74, 6) is 0.324. The summed E-state index contributed by atoms with van der Waals surface area (Å²) in [5.41, 5.74) is 2.35. The largest absolute Gasteiger partial charge is 0.508 e. The average molecular weight is 164 g/mol. The highest BCUT2D eigenvalue weighted by atomic mass is 16.3. The van der Waals surface area contributed by atoms with Gasteiger partial charge in [0.1, 0.15) is 5.75 Å². The van der Waals surface area contributed by atoms with E-state index < -0.39 is 0 Å². The summed E-state index contributed by atoms with van der Waals surface area (Å²) in [7, 11) is 0. The molecular weight excluding hydrogens is 152 g/mol. The molecule has 0 heterocycles. The third kappa shape index (κ3) is 1.30. The maximum atomic E-state index is 9.36. The zero-order valence-electron chi connectivity index (χ0n) is 6.83.